The lowest BCUT2D eigenvalue weighted by Gasteiger charge is -2.10. The third kappa shape index (κ3) is 4.58. The van der Waals surface area contributed by atoms with Gasteiger partial charge < -0.3 is 15.2 Å². The van der Waals surface area contributed by atoms with Gasteiger partial charge in [-0.05, 0) is 43.3 Å². The molecular weight excluding hydrogens is 338 g/mol. The van der Waals surface area contributed by atoms with Crippen LogP contribution >= 0.6 is 11.6 Å². The van der Waals surface area contributed by atoms with Crippen LogP contribution in [0.2, 0.25) is 5.02 Å². The van der Waals surface area contributed by atoms with E-state index in [2.05, 4.69) is 20.6 Å². The molecule has 25 heavy (non-hydrogen) atoms. The van der Waals surface area contributed by atoms with Crippen molar-refractivity contribution in [3.8, 4) is 5.82 Å². The van der Waals surface area contributed by atoms with Crippen LogP contribution in [0.5, 0.6) is 0 Å². The minimum atomic E-state index is -0.134. The van der Waals surface area contributed by atoms with Gasteiger partial charge in [0.25, 0.3) is 5.91 Å². The number of anilines is 1. The molecule has 0 aliphatic rings. The highest BCUT2D eigenvalue weighted by Crippen LogP contribution is 2.11. The molecule has 2 heterocycles. The van der Waals surface area contributed by atoms with E-state index in [0.29, 0.717) is 29.5 Å². The minimum absolute atomic E-state index is 0.134. The average molecular weight is 356 g/mol. The summed E-state index contributed by atoms with van der Waals surface area (Å²) in [6.07, 6.45) is 3.86. The van der Waals surface area contributed by atoms with Crippen LogP contribution in [-0.2, 0) is 0 Å². The second kappa shape index (κ2) is 7.81. The molecule has 0 bridgehead atoms. The summed E-state index contributed by atoms with van der Waals surface area (Å²) < 4.78 is 1.92. The van der Waals surface area contributed by atoms with Gasteiger partial charge in [-0.2, -0.15) is 0 Å². The molecule has 2 aromatic heterocycles. The Morgan fingerprint density at radius 1 is 1.12 bits per heavy atom. The van der Waals surface area contributed by atoms with E-state index in [-0.39, 0.29) is 5.91 Å². The van der Waals surface area contributed by atoms with Gasteiger partial charge in [0.05, 0.1) is 0 Å². The highest BCUT2D eigenvalue weighted by atomic mass is 35.5. The van der Waals surface area contributed by atoms with Crippen LogP contribution in [0.3, 0.4) is 0 Å². The number of nitrogens with zero attached hydrogens (tertiary/aromatic N) is 3. The zero-order valence-corrected chi connectivity index (χ0v) is 14.5. The number of amides is 1. The number of nitrogens with one attached hydrogen (secondary N) is 2. The van der Waals surface area contributed by atoms with E-state index >= 15 is 0 Å². The van der Waals surface area contributed by atoms with E-state index in [0.717, 1.165) is 11.6 Å². The second-order valence-electron chi connectivity index (χ2n) is 5.44. The SMILES string of the molecule is Cc1nc(NCCNC(=O)c2ccc(Cl)cc2)cc(-n2cccc2)n1. The summed E-state index contributed by atoms with van der Waals surface area (Å²) in [6.45, 7) is 2.88. The summed E-state index contributed by atoms with van der Waals surface area (Å²) in [5, 5.41) is 6.66. The van der Waals surface area contributed by atoms with Crippen LogP contribution in [0.15, 0.2) is 54.9 Å². The van der Waals surface area contributed by atoms with Gasteiger partial charge in [-0.15, -0.1) is 0 Å². The molecular formula is C18H18ClN5O. The molecule has 0 spiro atoms. The van der Waals surface area contributed by atoms with Crippen molar-refractivity contribution in [1.29, 1.82) is 0 Å². The standard InChI is InChI=1S/C18H18ClN5O/c1-13-22-16(12-17(23-13)24-10-2-3-11-24)20-8-9-21-18(25)14-4-6-15(19)7-5-14/h2-7,10-12H,8-9H2,1H3,(H,21,25)(H,20,22,23). The molecule has 1 aromatic carbocycles. The number of benzene rings is 1. The first-order valence-electron chi connectivity index (χ1n) is 7.88. The van der Waals surface area contributed by atoms with Crippen LogP contribution in [0.1, 0.15) is 16.2 Å². The zero-order chi connectivity index (χ0) is 17.6. The van der Waals surface area contributed by atoms with E-state index < -0.39 is 0 Å². The molecule has 128 valence electrons. The second-order valence-corrected chi connectivity index (χ2v) is 5.87. The first kappa shape index (κ1) is 17.0. The number of hydrogen-bond acceptors (Lipinski definition) is 4. The molecule has 3 aromatic rings. The summed E-state index contributed by atoms with van der Waals surface area (Å²) in [5.74, 6) is 2.06. The molecule has 1 amide bonds. The van der Waals surface area contributed by atoms with E-state index in [1.165, 1.54) is 0 Å². The molecule has 0 saturated heterocycles. The van der Waals surface area contributed by atoms with Crippen molar-refractivity contribution in [2.75, 3.05) is 18.4 Å². The van der Waals surface area contributed by atoms with Crippen LogP contribution in [-0.4, -0.2) is 33.5 Å². The maximum Gasteiger partial charge on any atom is 0.251 e. The minimum Gasteiger partial charge on any atom is -0.368 e. The summed E-state index contributed by atoms with van der Waals surface area (Å²) in [5.41, 5.74) is 0.581. The molecule has 3 rings (SSSR count). The molecule has 0 radical (unpaired) electrons. The predicted molar refractivity (Wildman–Crippen MR) is 98.4 cm³/mol. The van der Waals surface area contributed by atoms with Gasteiger partial charge in [0.1, 0.15) is 17.5 Å². The lowest BCUT2D eigenvalue weighted by molar-refractivity contribution is 0.0955. The zero-order valence-electron chi connectivity index (χ0n) is 13.7. The number of aryl methyl sites for hydroxylation is 1. The normalized spacial score (nSPS) is 10.5. The van der Waals surface area contributed by atoms with Crippen molar-refractivity contribution < 1.29 is 4.79 Å². The van der Waals surface area contributed by atoms with Gasteiger partial charge in [-0.25, -0.2) is 9.97 Å². The molecule has 0 atom stereocenters. The topological polar surface area (TPSA) is 71.8 Å². The van der Waals surface area contributed by atoms with E-state index in [1.807, 2.05) is 42.1 Å². The molecule has 2 N–H and O–H groups in total. The van der Waals surface area contributed by atoms with E-state index in [1.54, 1.807) is 24.3 Å². The van der Waals surface area contributed by atoms with Crippen LogP contribution < -0.4 is 10.6 Å². The van der Waals surface area contributed by atoms with Crippen molar-refractivity contribution in [2.24, 2.45) is 0 Å². The lowest BCUT2D eigenvalue weighted by atomic mass is 10.2. The molecule has 6 nitrogen and oxygen atoms in total. The largest absolute Gasteiger partial charge is 0.368 e. The Morgan fingerprint density at radius 2 is 1.84 bits per heavy atom. The van der Waals surface area contributed by atoms with Crippen molar-refractivity contribution in [1.82, 2.24) is 19.9 Å². The molecule has 7 heteroatoms. The van der Waals surface area contributed by atoms with Crippen molar-refractivity contribution >= 4 is 23.3 Å². The quantitative estimate of drug-likeness (QED) is 0.666. The number of rotatable bonds is 6. The lowest BCUT2D eigenvalue weighted by Crippen LogP contribution is -2.28. The van der Waals surface area contributed by atoms with Gasteiger partial charge in [0, 0.05) is 42.1 Å². The number of hydrogen-bond donors (Lipinski definition) is 2. The van der Waals surface area contributed by atoms with Gasteiger partial charge in [0.2, 0.25) is 0 Å². The fourth-order valence-electron chi connectivity index (χ4n) is 2.33. The molecule has 0 aliphatic heterocycles. The molecule has 0 fully saturated rings. The Bertz CT molecular complexity index is 846. The maximum absolute atomic E-state index is 12.0. The summed E-state index contributed by atoms with van der Waals surface area (Å²) in [6, 6.07) is 12.5. The maximum atomic E-state index is 12.0. The van der Waals surface area contributed by atoms with Crippen molar-refractivity contribution in [3.63, 3.8) is 0 Å². The van der Waals surface area contributed by atoms with Gasteiger partial charge in [-0.3, -0.25) is 4.79 Å². The number of halogens is 1. The molecule has 0 aliphatic carbocycles. The van der Waals surface area contributed by atoms with E-state index in [4.69, 9.17) is 11.6 Å². The van der Waals surface area contributed by atoms with E-state index in [9.17, 15) is 4.79 Å². The summed E-state index contributed by atoms with van der Waals surface area (Å²) in [7, 11) is 0. The number of carbonyl (C=O) groups excluding carboxylic acids is 1. The van der Waals surface area contributed by atoms with Crippen LogP contribution in [0.25, 0.3) is 5.82 Å². The first-order chi connectivity index (χ1) is 12.1. The molecule has 0 saturated carbocycles. The van der Waals surface area contributed by atoms with Crippen LogP contribution in [0.4, 0.5) is 5.82 Å². The Hall–Kier alpha value is -2.86. The third-order valence-electron chi connectivity index (χ3n) is 3.52. The monoisotopic (exact) mass is 355 g/mol. The Balaban J connectivity index is 1.54. The fourth-order valence-corrected chi connectivity index (χ4v) is 2.46. The Kier molecular flexibility index (Phi) is 5.30. The summed E-state index contributed by atoms with van der Waals surface area (Å²) >= 11 is 5.82. The summed E-state index contributed by atoms with van der Waals surface area (Å²) in [4.78, 5) is 20.8. The number of aromatic nitrogens is 3. The van der Waals surface area contributed by atoms with Gasteiger partial charge in [-0.1, -0.05) is 11.6 Å². The van der Waals surface area contributed by atoms with Crippen LogP contribution in [0, 0.1) is 6.92 Å². The Labute approximate surface area is 150 Å². The third-order valence-corrected chi connectivity index (χ3v) is 3.77. The number of carbonyl (C=O) groups is 1. The predicted octanol–water partition coefficient (Wildman–Crippen LogP) is 3.07. The van der Waals surface area contributed by atoms with Gasteiger partial charge in [0.15, 0.2) is 0 Å². The first-order valence-corrected chi connectivity index (χ1v) is 8.26. The highest BCUT2D eigenvalue weighted by molar-refractivity contribution is 6.30. The smallest absolute Gasteiger partial charge is 0.251 e. The van der Waals surface area contributed by atoms with Crippen molar-refractivity contribution in [2.45, 2.75) is 6.92 Å². The van der Waals surface area contributed by atoms with Gasteiger partial charge >= 0.3 is 0 Å². The fraction of sp³-hybridized carbons (Fsp3) is 0.167. The Morgan fingerprint density at radius 3 is 2.56 bits per heavy atom. The molecule has 0 unspecified atom stereocenters. The highest BCUT2D eigenvalue weighted by Gasteiger charge is 2.05. The average Bonchev–Trinajstić information content (AvgIpc) is 3.13. The van der Waals surface area contributed by atoms with Crippen molar-refractivity contribution in [3.05, 3.63) is 71.3 Å².